The molecule has 7 heteroatoms. The van der Waals surface area contributed by atoms with Gasteiger partial charge in [0.1, 0.15) is 11.0 Å². The number of hydrogen-bond acceptors (Lipinski definition) is 4. The normalized spacial score (nSPS) is 12.0. The van der Waals surface area contributed by atoms with Crippen LogP contribution in [0.15, 0.2) is 52.5 Å². The van der Waals surface area contributed by atoms with E-state index in [2.05, 4.69) is 4.98 Å². The van der Waals surface area contributed by atoms with Gasteiger partial charge in [-0.1, -0.05) is 23.2 Å². The molecule has 2 aromatic rings. The predicted molar refractivity (Wildman–Crippen MR) is 81.5 cm³/mol. The van der Waals surface area contributed by atoms with Gasteiger partial charge in [0.05, 0.1) is 9.92 Å². The van der Waals surface area contributed by atoms with Crippen LogP contribution < -0.4 is 0 Å². The monoisotopic (exact) mass is 338 g/mol. The highest BCUT2D eigenvalue weighted by Gasteiger charge is 2.24. The zero-order valence-electron chi connectivity index (χ0n) is 10.5. The number of aromatic nitrogens is 1. The van der Waals surface area contributed by atoms with E-state index in [1.54, 1.807) is 18.2 Å². The fourth-order valence-electron chi connectivity index (χ4n) is 1.58. The summed E-state index contributed by atoms with van der Waals surface area (Å²) in [6, 6.07) is 8.93. The van der Waals surface area contributed by atoms with E-state index < -0.39 is 14.7 Å². The van der Waals surface area contributed by atoms with Crippen LogP contribution in [0.5, 0.6) is 0 Å². The lowest BCUT2D eigenvalue weighted by Crippen LogP contribution is -2.04. The minimum atomic E-state index is -4.04. The van der Waals surface area contributed by atoms with E-state index >= 15 is 0 Å². The highest BCUT2D eigenvalue weighted by Crippen LogP contribution is 2.30. The molecule has 2 rings (SSSR count). The third kappa shape index (κ3) is 3.42. The maximum atomic E-state index is 12.5. The van der Waals surface area contributed by atoms with Crippen LogP contribution in [0, 0.1) is 11.3 Å². The van der Waals surface area contributed by atoms with Gasteiger partial charge in [0.15, 0.2) is 0 Å². The molecule has 0 aliphatic rings. The number of pyridine rings is 1. The topological polar surface area (TPSA) is 70.8 Å². The standard InChI is InChI=1S/C14H8Cl2N2O2S/c15-11-1-2-13(16)14(8-11)21(19,20)12(9-17)7-10-3-5-18-6-4-10/h1-8H/b12-7+. The Kier molecular flexibility index (Phi) is 4.63. The zero-order valence-corrected chi connectivity index (χ0v) is 12.8. The number of nitriles is 1. The maximum absolute atomic E-state index is 12.5. The Hall–Kier alpha value is -1.87. The second-order valence-corrected chi connectivity index (χ2v) is 6.71. The van der Waals surface area contributed by atoms with Gasteiger partial charge in [-0.3, -0.25) is 4.98 Å². The zero-order chi connectivity index (χ0) is 15.5. The fraction of sp³-hybridized carbons (Fsp3) is 0. The molecule has 0 fully saturated rings. The van der Waals surface area contributed by atoms with E-state index in [9.17, 15) is 8.42 Å². The Morgan fingerprint density at radius 1 is 1.19 bits per heavy atom. The molecule has 106 valence electrons. The van der Waals surface area contributed by atoms with Crippen LogP contribution in [0.1, 0.15) is 5.56 Å². The number of halogens is 2. The number of hydrogen-bond donors (Lipinski definition) is 0. The Balaban J connectivity index is 2.59. The Morgan fingerprint density at radius 3 is 2.48 bits per heavy atom. The summed E-state index contributed by atoms with van der Waals surface area (Å²) in [6.45, 7) is 0. The summed E-state index contributed by atoms with van der Waals surface area (Å²) in [5.74, 6) is 0. The summed E-state index contributed by atoms with van der Waals surface area (Å²) in [4.78, 5) is 3.21. The maximum Gasteiger partial charge on any atom is 0.218 e. The SMILES string of the molecule is N#C/C(=C\c1ccncc1)S(=O)(=O)c1cc(Cl)ccc1Cl. The van der Waals surface area contributed by atoms with E-state index in [-0.39, 0.29) is 14.9 Å². The van der Waals surface area contributed by atoms with Crippen LogP contribution in [0.4, 0.5) is 0 Å². The van der Waals surface area contributed by atoms with Crippen LogP contribution in [-0.2, 0) is 9.84 Å². The first-order valence-electron chi connectivity index (χ1n) is 5.67. The second-order valence-electron chi connectivity index (χ2n) is 3.98. The van der Waals surface area contributed by atoms with E-state index in [1.165, 1.54) is 36.7 Å². The summed E-state index contributed by atoms with van der Waals surface area (Å²) in [5.41, 5.74) is 0.545. The second kappa shape index (κ2) is 6.27. The molecule has 0 bridgehead atoms. The summed E-state index contributed by atoms with van der Waals surface area (Å²) >= 11 is 11.7. The molecule has 0 amide bonds. The number of allylic oxidation sites excluding steroid dienone is 1. The fourth-order valence-corrected chi connectivity index (χ4v) is 3.50. The molecule has 0 aliphatic heterocycles. The average Bonchev–Trinajstić information content (AvgIpc) is 2.48. The Labute approximate surface area is 132 Å². The highest BCUT2D eigenvalue weighted by atomic mass is 35.5. The van der Waals surface area contributed by atoms with Crippen molar-refractivity contribution in [1.29, 1.82) is 5.26 Å². The molecular weight excluding hydrogens is 331 g/mol. The molecule has 1 aromatic carbocycles. The molecule has 0 saturated heterocycles. The van der Waals surface area contributed by atoms with Crippen LogP contribution in [0.25, 0.3) is 6.08 Å². The van der Waals surface area contributed by atoms with Crippen molar-refractivity contribution in [2.45, 2.75) is 4.90 Å². The lowest BCUT2D eigenvalue weighted by atomic mass is 10.2. The van der Waals surface area contributed by atoms with E-state index in [4.69, 9.17) is 28.5 Å². The third-order valence-electron chi connectivity index (χ3n) is 2.59. The van der Waals surface area contributed by atoms with Crippen LogP contribution in [-0.4, -0.2) is 13.4 Å². The van der Waals surface area contributed by atoms with Gasteiger partial charge in [-0.2, -0.15) is 5.26 Å². The average molecular weight is 339 g/mol. The molecule has 0 spiro atoms. The number of sulfone groups is 1. The predicted octanol–water partition coefficient (Wildman–Crippen LogP) is 3.73. The number of benzene rings is 1. The molecule has 0 saturated carbocycles. The Bertz CT molecular complexity index is 841. The van der Waals surface area contributed by atoms with Gasteiger partial charge < -0.3 is 0 Å². The summed E-state index contributed by atoms with van der Waals surface area (Å²) in [5, 5.41) is 9.39. The van der Waals surface area contributed by atoms with E-state index in [0.717, 1.165) is 0 Å². The summed E-state index contributed by atoms with van der Waals surface area (Å²) in [6.07, 6.45) is 4.26. The quantitative estimate of drug-likeness (QED) is 0.799. The first-order valence-corrected chi connectivity index (χ1v) is 7.91. The van der Waals surface area contributed by atoms with Gasteiger partial charge in [-0.05, 0) is 42.0 Å². The molecule has 21 heavy (non-hydrogen) atoms. The van der Waals surface area contributed by atoms with Gasteiger partial charge in [0.2, 0.25) is 9.84 Å². The smallest absolute Gasteiger partial charge is 0.218 e. The molecule has 0 radical (unpaired) electrons. The van der Waals surface area contributed by atoms with Crippen molar-refractivity contribution >= 4 is 39.1 Å². The highest BCUT2D eigenvalue weighted by molar-refractivity contribution is 7.95. The molecule has 0 unspecified atom stereocenters. The van der Waals surface area contributed by atoms with Gasteiger partial charge in [0.25, 0.3) is 0 Å². The molecule has 0 N–H and O–H groups in total. The van der Waals surface area contributed by atoms with E-state index in [0.29, 0.717) is 5.56 Å². The summed E-state index contributed by atoms with van der Waals surface area (Å²) in [7, 11) is -4.04. The van der Waals surface area contributed by atoms with Crippen molar-refractivity contribution in [3.63, 3.8) is 0 Å². The molecule has 4 nitrogen and oxygen atoms in total. The van der Waals surface area contributed by atoms with Gasteiger partial charge >= 0.3 is 0 Å². The minimum Gasteiger partial charge on any atom is -0.265 e. The van der Waals surface area contributed by atoms with Crippen molar-refractivity contribution in [2.75, 3.05) is 0 Å². The molecule has 1 aromatic heterocycles. The van der Waals surface area contributed by atoms with Gasteiger partial charge in [-0.15, -0.1) is 0 Å². The van der Waals surface area contributed by atoms with Crippen molar-refractivity contribution in [2.24, 2.45) is 0 Å². The van der Waals surface area contributed by atoms with E-state index in [1.807, 2.05) is 0 Å². The lowest BCUT2D eigenvalue weighted by molar-refractivity contribution is 0.603. The number of rotatable bonds is 3. The van der Waals surface area contributed by atoms with Gasteiger partial charge in [0, 0.05) is 17.4 Å². The van der Waals surface area contributed by atoms with Crippen molar-refractivity contribution in [3.8, 4) is 6.07 Å². The van der Waals surface area contributed by atoms with Crippen LogP contribution >= 0.6 is 23.2 Å². The van der Waals surface area contributed by atoms with Crippen molar-refractivity contribution < 1.29 is 8.42 Å². The molecule has 0 atom stereocenters. The minimum absolute atomic E-state index is 0.00952. The van der Waals surface area contributed by atoms with Crippen molar-refractivity contribution in [1.82, 2.24) is 4.98 Å². The van der Waals surface area contributed by atoms with Crippen LogP contribution in [0.3, 0.4) is 0 Å². The molecule has 1 heterocycles. The lowest BCUT2D eigenvalue weighted by Gasteiger charge is -2.06. The van der Waals surface area contributed by atoms with Crippen molar-refractivity contribution in [3.05, 3.63) is 63.2 Å². The molecule has 0 aliphatic carbocycles. The molecular formula is C14H8Cl2N2O2S. The summed E-state index contributed by atoms with van der Waals surface area (Å²) < 4.78 is 25.0. The first kappa shape index (κ1) is 15.5. The Morgan fingerprint density at radius 2 is 1.86 bits per heavy atom. The van der Waals surface area contributed by atoms with Gasteiger partial charge in [-0.25, -0.2) is 8.42 Å². The number of nitrogens with zero attached hydrogens (tertiary/aromatic N) is 2. The third-order valence-corrected chi connectivity index (χ3v) is 4.97. The van der Waals surface area contributed by atoms with Crippen LogP contribution in [0.2, 0.25) is 10.0 Å². The first-order chi connectivity index (χ1) is 9.95. The largest absolute Gasteiger partial charge is 0.265 e.